The van der Waals surface area contributed by atoms with Gasteiger partial charge in [-0.15, -0.1) is 0 Å². The summed E-state index contributed by atoms with van der Waals surface area (Å²) < 4.78 is 32.7. The summed E-state index contributed by atoms with van der Waals surface area (Å²) in [6, 6.07) is 20.4. The fourth-order valence-corrected chi connectivity index (χ4v) is 4.33. The molecule has 0 fully saturated rings. The summed E-state index contributed by atoms with van der Waals surface area (Å²) in [7, 11) is -3.81. The van der Waals surface area contributed by atoms with Crippen LogP contribution in [-0.2, 0) is 14.8 Å². The quantitative estimate of drug-likeness (QED) is 0.301. The van der Waals surface area contributed by atoms with Crippen molar-refractivity contribution in [3.63, 3.8) is 0 Å². The van der Waals surface area contributed by atoms with Crippen molar-refractivity contribution in [1.82, 2.24) is 0 Å². The normalized spacial score (nSPS) is 11.5. The van der Waals surface area contributed by atoms with Gasteiger partial charge in [0.25, 0.3) is 10.0 Å². The third-order valence-electron chi connectivity index (χ3n) is 4.62. The predicted molar refractivity (Wildman–Crippen MR) is 129 cm³/mol. The summed E-state index contributed by atoms with van der Waals surface area (Å²) in [5.74, 6) is -0.371. The number of hydrogen-bond donors (Lipinski definition) is 2. The number of benzene rings is 3. The average molecular weight is 481 g/mol. The number of carbonyl (C=O) groups is 1. The number of sulfonamides is 1. The molecule has 0 spiro atoms. The Bertz CT molecular complexity index is 1530. The Morgan fingerprint density at radius 3 is 2.45 bits per heavy atom. The van der Waals surface area contributed by atoms with E-state index in [1.165, 1.54) is 24.3 Å². The molecule has 0 radical (unpaired) electrons. The highest BCUT2D eigenvalue weighted by atomic mass is 35.5. The van der Waals surface area contributed by atoms with E-state index in [-0.39, 0.29) is 16.5 Å². The van der Waals surface area contributed by atoms with Crippen LogP contribution in [0.4, 0.5) is 11.4 Å². The highest BCUT2D eigenvalue weighted by Crippen LogP contribution is 2.24. The van der Waals surface area contributed by atoms with Gasteiger partial charge in [-0.25, -0.2) is 13.2 Å². The van der Waals surface area contributed by atoms with E-state index in [2.05, 4.69) is 10.0 Å². The predicted octanol–water partition coefficient (Wildman–Crippen LogP) is 4.90. The average Bonchev–Trinajstić information content (AvgIpc) is 2.79. The number of nitrogens with one attached hydrogen (secondary N) is 2. The summed E-state index contributed by atoms with van der Waals surface area (Å²) in [5, 5.41) is 3.70. The maximum absolute atomic E-state index is 12.6. The number of para-hydroxylation sites is 1. The van der Waals surface area contributed by atoms with Gasteiger partial charge in [0.15, 0.2) is 0 Å². The van der Waals surface area contributed by atoms with Crippen LogP contribution < -0.4 is 15.7 Å². The first-order valence-electron chi connectivity index (χ1n) is 9.71. The van der Waals surface area contributed by atoms with Crippen molar-refractivity contribution in [2.75, 3.05) is 10.0 Å². The summed E-state index contributed by atoms with van der Waals surface area (Å²) in [6.45, 7) is 0. The fraction of sp³-hybridized carbons (Fsp3) is 0. The Hall–Kier alpha value is -3.88. The van der Waals surface area contributed by atoms with E-state index in [0.717, 1.165) is 0 Å². The van der Waals surface area contributed by atoms with Crippen LogP contribution in [0, 0.1) is 0 Å². The van der Waals surface area contributed by atoms with Gasteiger partial charge in [0.05, 0.1) is 15.6 Å². The highest BCUT2D eigenvalue weighted by Gasteiger charge is 2.15. The molecule has 0 aliphatic carbocycles. The van der Waals surface area contributed by atoms with Gasteiger partial charge in [-0.3, -0.25) is 9.52 Å². The number of amides is 1. The molecule has 0 atom stereocenters. The van der Waals surface area contributed by atoms with Gasteiger partial charge in [0.2, 0.25) is 5.91 Å². The molecular formula is C24H17ClN2O5S. The third-order valence-corrected chi connectivity index (χ3v) is 6.33. The second kappa shape index (κ2) is 9.32. The van der Waals surface area contributed by atoms with Crippen LogP contribution in [0.1, 0.15) is 5.56 Å². The molecule has 166 valence electrons. The van der Waals surface area contributed by atoms with Gasteiger partial charge < -0.3 is 9.73 Å². The summed E-state index contributed by atoms with van der Waals surface area (Å²) in [6.07, 6.45) is 2.90. The lowest BCUT2D eigenvalue weighted by Gasteiger charge is -2.09. The summed E-state index contributed by atoms with van der Waals surface area (Å²) >= 11 is 6.02. The number of carbonyl (C=O) groups excluding carboxylic acids is 1. The van der Waals surface area contributed by atoms with E-state index in [4.69, 9.17) is 16.0 Å². The second-order valence-electron chi connectivity index (χ2n) is 6.98. The topological polar surface area (TPSA) is 105 Å². The molecule has 0 aliphatic heterocycles. The number of hydrogen-bond acceptors (Lipinski definition) is 5. The fourth-order valence-electron chi connectivity index (χ4n) is 3.01. The molecule has 7 nitrogen and oxygen atoms in total. The van der Waals surface area contributed by atoms with Crippen molar-refractivity contribution in [2.45, 2.75) is 4.90 Å². The molecule has 0 saturated heterocycles. The zero-order valence-corrected chi connectivity index (χ0v) is 18.6. The molecule has 1 aromatic heterocycles. The monoisotopic (exact) mass is 480 g/mol. The molecule has 2 N–H and O–H groups in total. The molecule has 0 aliphatic rings. The van der Waals surface area contributed by atoms with Crippen molar-refractivity contribution in [3.05, 3.63) is 106 Å². The van der Waals surface area contributed by atoms with Crippen LogP contribution >= 0.6 is 11.6 Å². The van der Waals surface area contributed by atoms with Gasteiger partial charge in [0, 0.05) is 23.2 Å². The van der Waals surface area contributed by atoms with Gasteiger partial charge >= 0.3 is 5.63 Å². The highest BCUT2D eigenvalue weighted by molar-refractivity contribution is 7.92. The van der Waals surface area contributed by atoms with Crippen molar-refractivity contribution < 1.29 is 17.6 Å². The maximum atomic E-state index is 12.6. The number of halogens is 1. The third kappa shape index (κ3) is 5.49. The standard InChI is InChI=1S/C24H17ClN2O5S/c25-20-3-1-2-4-21(20)27-33(30,31)19-10-5-16(6-11-19)7-13-23(28)26-18-9-12-22-17(15-18)8-14-24(29)32-22/h1-15,27H,(H,26,28). The van der Waals surface area contributed by atoms with E-state index < -0.39 is 15.6 Å². The second-order valence-corrected chi connectivity index (χ2v) is 9.07. The van der Waals surface area contributed by atoms with Gasteiger partial charge in [-0.05, 0) is 60.2 Å². The van der Waals surface area contributed by atoms with E-state index in [1.807, 2.05) is 0 Å². The van der Waals surface area contributed by atoms with Crippen molar-refractivity contribution in [1.29, 1.82) is 0 Å². The van der Waals surface area contributed by atoms with Gasteiger partial charge in [-0.2, -0.15) is 0 Å². The van der Waals surface area contributed by atoms with Crippen LogP contribution in [0.3, 0.4) is 0 Å². The van der Waals surface area contributed by atoms with E-state index in [1.54, 1.807) is 66.7 Å². The Morgan fingerprint density at radius 1 is 0.939 bits per heavy atom. The lowest BCUT2D eigenvalue weighted by atomic mass is 10.2. The molecule has 9 heteroatoms. The van der Waals surface area contributed by atoms with Crippen molar-refractivity contribution in [3.8, 4) is 0 Å². The Kier molecular flexibility index (Phi) is 6.30. The minimum absolute atomic E-state index is 0.0619. The summed E-state index contributed by atoms with van der Waals surface area (Å²) in [4.78, 5) is 23.6. The van der Waals surface area contributed by atoms with E-state index in [9.17, 15) is 18.0 Å². The number of anilines is 2. The SMILES string of the molecule is O=C(C=Cc1ccc(S(=O)(=O)Nc2ccccc2Cl)cc1)Nc1ccc2oc(=O)ccc2c1. The minimum atomic E-state index is -3.81. The molecule has 1 amide bonds. The summed E-state index contributed by atoms with van der Waals surface area (Å²) in [5.41, 5.74) is 1.45. The van der Waals surface area contributed by atoms with Crippen LogP contribution in [0.2, 0.25) is 5.02 Å². The first-order chi connectivity index (χ1) is 15.8. The van der Waals surface area contributed by atoms with Gasteiger partial charge in [-0.1, -0.05) is 35.9 Å². The molecule has 1 heterocycles. The van der Waals surface area contributed by atoms with E-state index in [0.29, 0.717) is 27.2 Å². The van der Waals surface area contributed by atoms with Crippen LogP contribution in [0.5, 0.6) is 0 Å². The Labute approximate surface area is 194 Å². The van der Waals surface area contributed by atoms with Crippen LogP contribution in [-0.4, -0.2) is 14.3 Å². The smallest absolute Gasteiger partial charge is 0.336 e. The van der Waals surface area contributed by atoms with Crippen LogP contribution in [0.15, 0.2) is 99.0 Å². The molecule has 0 saturated carbocycles. The van der Waals surface area contributed by atoms with E-state index >= 15 is 0 Å². The zero-order valence-electron chi connectivity index (χ0n) is 17.0. The molecule has 0 bridgehead atoms. The van der Waals surface area contributed by atoms with Gasteiger partial charge in [0.1, 0.15) is 5.58 Å². The zero-order chi connectivity index (χ0) is 23.4. The number of fused-ring (bicyclic) bond motifs is 1. The van der Waals surface area contributed by atoms with Crippen molar-refractivity contribution >= 4 is 56.0 Å². The molecule has 4 rings (SSSR count). The minimum Gasteiger partial charge on any atom is -0.423 e. The first kappa shape index (κ1) is 22.3. The Balaban J connectivity index is 1.42. The lowest BCUT2D eigenvalue weighted by molar-refractivity contribution is -0.111. The molecule has 33 heavy (non-hydrogen) atoms. The molecule has 0 unspecified atom stereocenters. The largest absolute Gasteiger partial charge is 0.423 e. The molecular weight excluding hydrogens is 464 g/mol. The molecule has 3 aromatic carbocycles. The molecule has 4 aromatic rings. The number of rotatable bonds is 6. The first-order valence-corrected chi connectivity index (χ1v) is 11.6. The van der Waals surface area contributed by atoms with Crippen LogP contribution in [0.25, 0.3) is 17.0 Å². The van der Waals surface area contributed by atoms with Crippen molar-refractivity contribution in [2.24, 2.45) is 0 Å². The Morgan fingerprint density at radius 2 is 1.70 bits per heavy atom. The maximum Gasteiger partial charge on any atom is 0.336 e. The lowest BCUT2D eigenvalue weighted by Crippen LogP contribution is -2.13.